The first-order valence-electron chi connectivity index (χ1n) is 10.5. The summed E-state index contributed by atoms with van der Waals surface area (Å²) in [4.78, 5) is 31.0. The van der Waals surface area contributed by atoms with Crippen LogP contribution in [0, 0.1) is 11.8 Å². The second-order valence-electron chi connectivity index (χ2n) is 8.36. The zero-order chi connectivity index (χ0) is 19.9. The lowest BCUT2D eigenvalue weighted by molar-refractivity contribution is -0.135. The van der Waals surface area contributed by atoms with Crippen LogP contribution in [0.2, 0.25) is 0 Å². The Labute approximate surface area is 167 Å². The van der Waals surface area contributed by atoms with Gasteiger partial charge in [0.2, 0.25) is 5.91 Å². The molecular weight excluding hydrogens is 356 g/mol. The molecule has 0 saturated carbocycles. The van der Waals surface area contributed by atoms with Gasteiger partial charge in [0.05, 0.1) is 6.54 Å². The molecule has 28 heavy (non-hydrogen) atoms. The van der Waals surface area contributed by atoms with Crippen molar-refractivity contribution in [1.29, 1.82) is 0 Å². The van der Waals surface area contributed by atoms with E-state index in [0.717, 1.165) is 39.1 Å². The first kappa shape index (κ1) is 20.6. The van der Waals surface area contributed by atoms with E-state index in [1.165, 1.54) is 6.42 Å². The Kier molecular flexibility index (Phi) is 7.30. The first-order chi connectivity index (χ1) is 13.5. The third-order valence-electron chi connectivity index (χ3n) is 5.64. The smallest absolute Gasteiger partial charge is 0.317 e. The maximum Gasteiger partial charge on any atom is 0.317 e. The van der Waals surface area contributed by atoms with E-state index >= 15 is 0 Å². The number of piperidine rings is 1. The lowest BCUT2D eigenvalue weighted by atomic mass is 9.92. The van der Waals surface area contributed by atoms with Crippen molar-refractivity contribution in [2.45, 2.75) is 33.2 Å². The van der Waals surface area contributed by atoms with Gasteiger partial charge >= 0.3 is 6.03 Å². The van der Waals surface area contributed by atoms with E-state index < -0.39 is 0 Å². The molecule has 2 unspecified atom stereocenters. The molecule has 2 aliphatic rings. The zero-order valence-electron chi connectivity index (χ0n) is 17.2. The van der Waals surface area contributed by atoms with E-state index in [4.69, 9.17) is 0 Å². The fourth-order valence-corrected chi connectivity index (χ4v) is 4.25. The first-order valence-corrected chi connectivity index (χ1v) is 10.5. The highest BCUT2D eigenvalue weighted by atomic mass is 16.2. The number of urea groups is 1. The van der Waals surface area contributed by atoms with Crippen molar-refractivity contribution in [1.82, 2.24) is 29.8 Å². The van der Waals surface area contributed by atoms with E-state index in [2.05, 4.69) is 29.2 Å². The van der Waals surface area contributed by atoms with Crippen LogP contribution < -0.4 is 5.32 Å². The molecule has 2 fully saturated rings. The fourth-order valence-electron chi connectivity index (χ4n) is 4.25. The van der Waals surface area contributed by atoms with Crippen LogP contribution >= 0.6 is 0 Å². The minimum Gasteiger partial charge on any atom is -0.341 e. The molecule has 0 radical (unpaired) electrons. The van der Waals surface area contributed by atoms with Gasteiger partial charge in [0.15, 0.2) is 0 Å². The van der Waals surface area contributed by atoms with Gasteiger partial charge in [0, 0.05) is 64.8 Å². The van der Waals surface area contributed by atoms with Gasteiger partial charge in [0.25, 0.3) is 0 Å². The highest BCUT2D eigenvalue weighted by molar-refractivity contribution is 5.78. The number of carbonyl (C=O) groups excluding carboxylic acids is 2. The average Bonchev–Trinajstić information content (AvgIpc) is 3.18. The molecule has 8 heteroatoms. The van der Waals surface area contributed by atoms with Crippen LogP contribution in [-0.2, 0) is 11.3 Å². The van der Waals surface area contributed by atoms with E-state index in [-0.39, 0.29) is 11.9 Å². The Morgan fingerprint density at radius 1 is 1.07 bits per heavy atom. The summed E-state index contributed by atoms with van der Waals surface area (Å²) in [5.74, 6) is 1.40. The summed E-state index contributed by atoms with van der Waals surface area (Å²) in [7, 11) is 0. The van der Waals surface area contributed by atoms with Gasteiger partial charge in [-0.3, -0.25) is 14.4 Å². The maximum atomic E-state index is 12.6. The van der Waals surface area contributed by atoms with Gasteiger partial charge < -0.3 is 15.1 Å². The van der Waals surface area contributed by atoms with Gasteiger partial charge in [-0.15, -0.1) is 0 Å². The van der Waals surface area contributed by atoms with Gasteiger partial charge in [-0.1, -0.05) is 13.8 Å². The Morgan fingerprint density at radius 2 is 1.79 bits per heavy atom. The summed E-state index contributed by atoms with van der Waals surface area (Å²) in [5, 5.41) is 7.14. The summed E-state index contributed by atoms with van der Waals surface area (Å²) >= 11 is 0. The number of aryl methyl sites for hydroxylation is 1. The highest BCUT2D eigenvalue weighted by Crippen LogP contribution is 2.21. The van der Waals surface area contributed by atoms with Crippen LogP contribution in [0.1, 0.15) is 26.7 Å². The molecule has 156 valence electrons. The second-order valence-corrected chi connectivity index (χ2v) is 8.36. The van der Waals surface area contributed by atoms with Crippen LogP contribution in [0.3, 0.4) is 0 Å². The standard InChI is InChI=1S/C20H34N6O2/c1-17-13-18(2)15-25(14-17)19(27)16-23-9-11-24(12-10-23)20(28)21-5-3-7-26-8-4-6-22-26/h4,6,8,17-18H,3,5,7,9-16H2,1-2H3,(H,21,28). The molecule has 3 heterocycles. The molecular formula is C20H34N6O2. The van der Waals surface area contributed by atoms with Crippen molar-refractivity contribution in [2.75, 3.05) is 52.4 Å². The van der Waals surface area contributed by atoms with Gasteiger partial charge in [-0.2, -0.15) is 5.10 Å². The van der Waals surface area contributed by atoms with Crippen molar-refractivity contribution in [3.63, 3.8) is 0 Å². The number of piperazine rings is 1. The van der Waals surface area contributed by atoms with Crippen LogP contribution in [0.25, 0.3) is 0 Å². The van der Waals surface area contributed by atoms with Crippen LogP contribution in [0.15, 0.2) is 18.5 Å². The predicted octanol–water partition coefficient (Wildman–Crippen LogP) is 1.10. The summed E-state index contributed by atoms with van der Waals surface area (Å²) in [6.45, 7) is 11.0. The average molecular weight is 391 g/mol. The number of hydrogen-bond donors (Lipinski definition) is 1. The Hall–Kier alpha value is -2.09. The van der Waals surface area contributed by atoms with Crippen molar-refractivity contribution >= 4 is 11.9 Å². The fraction of sp³-hybridized carbons (Fsp3) is 0.750. The molecule has 1 N–H and O–H groups in total. The van der Waals surface area contributed by atoms with E-state index in [9.17, 15) is 9.59 Å². The molecule has 2 atom stereocenters. The molecule has 8 nitrogen and oxygen atoms in total. The largest absolute Gasteiger partial charge is 0.341 e. The molecule has 0 bridgehead atoms. The summed E-state index contributed by atoms with van der Waals surface area (Å²) < 4.78 is 1.87. The zero-order valence-corrected chi connectivity index (χ0v) is 17.2. The number of aromatic nitrogens is 2. The third kappa shape index (κ3) is 5.95. The normalized spacial score (nSPS) is 23.6. The molecule has 0 aliphatic carbocycles. The molecule has 2 saturated heterocycles. The third-order valence-corrected chi connectivity index (χ3v) is 5.64. The van der Waals surface area contributed by atoms with Crippen molar-refractivity contribution < 1.29 is 9.59 Å². The molecule has 2 aliphatic heterocycles. The van der Waals surface area contributed by atoms with Crippen LogP contribution in [0.4, 0.5) is 4.79 Å². The van der Waals surface area contributed by atoms with Gasteiger partial charge in [0.1, 0.15) is 0 Å². The number of carbonyl (C=O) groups is 2. The van der Waals surface area contributed by atoms with Crippen molar-refractivity contribution in [2.24, 2.45) is 11.8 Å². The Balaban J connectivity index is 1.32. The van der Waals surface area contributed by atoms with E-state index in [1.54, 1.807) is 6.20 Å². The maximum absolute atomic E-state index is 12.6. The van der Waals surface area contributed by atoms with Crippen molar-refractivity contribution in [3.8, 4) is 0 Å². The number of rotatable bonds is 6. The molecule has 1 aromatic heterocycles. The lowest BCUT2D eigenvalue weighted by Gasteiger charge is -2.38. The SMILES string of the molecule is CC1CC(C)CN(C(=O)CN2CCN(C(=O)NCCCn3cccn3)CC2)C1. The highest BCUT2D eigenvalue weighted by Gasteiger charge is 2.28. The topological polar surface area (TPSA) is 73.7 Å². The Bertz CT molecular complexity index is 617. The number of hydrogen-bond acceptors (Lipinski definition) is 4. The summed E-state index contributed by atoms with van der Waals surface area (Å²) in [5.41, 5.74) is 0. The minimum absolute atomic E-state index is 0.00915. The number of likely N-dealkylation sites (tertiary alicyclic amines) is 1. The predicted molar refractivity (Wildman–Crippen MR) is 108 cm³/mol. The van der Waals surface area contributed by atoms with Crippen LogP contribution in [-0.4, -0.2) is 88.8 Å². The minimum atomic E-state index is -0.00915. The number of nitrogens with zero attached hydrogens (tertiary/aromatic N) is 5. The molecule has 3 rings (SSSR count). The summed E-state index contributed by atoms with van der Waals surface area (Å²) in [6.07, 6.45) is 5.75. The molecule has 3 amide bonds. The van der Waals surface area contributed by atoms with E-state index in [0.29, 0.717) is 38.0 Å². The second kappa shape index (κ2) is 9.91. The van der Waals surface area contributed by atoms with Gasteiger partial charge in [-0.05, 0) is 30.7 Å². The van der Waals surface area contributed by atoms with Crippen molar-refractivity contribution in [3.05, 3.63) is 18.5 Å². The monoisotopic (exact) mass is 390 g/mol. The lowest BCUT2D eigenvalue weighted by Crippen LogP contribution is -2.54. The molecule has 0 spiro atoms. The number of amides is 3. The summed E-state index contributed by atoms with van der Waals surface area (Å²) in [6, 6.07) is 1.89. The van der Waals surface area contributed by atoms with Gasteiger partial charge in [-0.25, -0.2) is 4.79 Å². The molecule has 1 aromatic rings. The Morgan fingerprint density at radius 3 is 2.43 bits per heavy atom. The molecule has 0 aromatic carbocycles. The quantitative estimate of drug-likeness (QED) is 0.739. The van der Waals surface area contributed by atoms with Crippen LogP contribution in [0.5, 0.6) is 0 Å². The number of nitrogens with one attached hydrogen (secondary N) is 1. The van der Waals surface area contributed by atoms with E-state index in [1.807, 2.05) is 26.7 Å².